The van der Waals surface area contributed by atoms with Crippen molar-refractivity contribution in [1.82, 2.24) is 14.3 Å². The highest BCUT2D eigenvalue weighted by molar-refractivity contribution is 7.15. The van der Waals surface area contributed by atoms with E-state index in [2.05, 4.69) is 45.1 Å². The Labute approximate surface area is 193 Å². The Morgan fingerprint density at radius 1 is 1.06 bits per heavy atom. The molecule has 1 aromatic carbocycles. The van der Waals surface area contributed by atoms with E-state index >= 15 is 0 Å². The summed E-state index contributed by atoms with van der Waals surface area (Å²) in [5.41, 5.74) is 3.45. The van der Waals surface area contributed by atoms with Crippen molar-refractivity contribution in [2.45, 2.75) is 63.8 Å². The van der Waals surface area contributed by atoms with Gasteiger partial charge in [0.1, 0.15) is 0 Å². The van der Waals surface area contributed by atoms with E-state index in [9.17, 15) is 4.79 Å². The van der Waals surface area contributed by atoms with Gasteiger partial charge in [0.15, 0.2) is 4.96 Å². The maximum absolute atomic E-state index is 14.0. The number of nitrogens with zero attached hydrogens (tertiary/aromatic N) is 3. The van der Waals surface area contributed by atoms with Gasteiger partial charge in [-0.3, -0.25) is 9.20 Å². The van der Waals surface area contributed by atoms with Crippen molar-refractivity contribution in [3.63, 3.8) is 0 Å². The Hall–Kier alpha value is -2.14. The summed E-state index contributed by atoms with van der Waals surface area (Å²) in [5.74, 6) is 2.99. The SMILES string of the molecule is O=C(N(CCc1csc2nc(-c3ccccc3)cn12)C1CC1)C12CC3CC(CC(C3)C1)C2. The largest absolute Gasteiger partial charge is 0.339 e. The van der Waals surface area contributed by atoms with Crippen LogP contribution in [0.5, 0.6) is 0 Å². The van der Waals surface area contributed by atoms with E-state index < -0.39 is 0 Å². The fourth-order valence-electron chi connectivity index (χ4n) is 7.51. The lowest BCUT2D eigenvalue weighted by Crippen LogP contribution is -2.55. The summed E-state index contributed by atoms with van der Waals surface area (Å²) in [4.78, 5) is 22.2. The average Bonchev–Trinajstić information content (AvgIpc) is 3.42. The second-order valence-corrected chi connectivity index (χ2v) is 11.9. The minimum absolute atomic E-state index is 0.0171. The molecule has 5 fully saturated rings. The van der Waals surface area contributed by atoms with Crippen LogP contribution in [-0.4, -0.2) is 32.8 Å². The minimum Gasteiger partial charge on any atom is -0.339 e. The maximum Gasteiger partial charge on any atom is 0.229 e. The van der Waals surface area contributed by atoms with E-state index in [0.29, 0.717) is 11.9 Å². The zero-order chi connectivity index (χ0) is 21.3. The van der Waals surface area contributed by atoms with Crippen molar-refractivity contribution < 1.29 is 4.79 Å². The summed E-state index contributed by atoms with van der Waals surface area (Å²) in [6.07, 6.45) is 13.2. The number of carbonyl (C=O) groups excluding carboxylic acids is 1. The normalized spacial score (nSPS) is 30.8. The number of rotatable bonds is 6. The van der Waals surface area contributed by atoms with Crippen molar-refractivity contribution in [3.8, 4) is 11.3 Å². The van der Waals surface area contributed by atoms with Crippen LogP contribution in [-0.2, 0) is 11.2 Å². The highest BCUT2D eigenvalue weighted by atomic mass is 32.1. The molecule has 0 saturated heterocycles. The van der Waals surface area contributed by atoms with Crippen LogP contribution in [0.1, 0.15) is 57.1 Å². The van der Waals surface area contributed by atoms with Gasteiger partial charge < -0.3 is 4.90 Å². The predicted molar refractivity (Wildman–Crippen MR) is 128 cm³/mol. The summed E-state index contributed by atoms with van der Waals surface area (Å²) in [5, 5.41) is 2.23. The standard InChI is InChI=1S/C27H31N3OS/c31-25(27-13-18-10-19(14-27)12-20(11-18)15-27)29(22-6-7-22)9-8-23-17-32-26-28-24(16-30(23)26)21-4-2-1-3-5-21/h1-5,16-20,22H,6-15H2. The first-order valence-corrected chi connectivity index (χ1v) is 13.4. The summed E-state index contributed by atoms with van der Waals surface area (Å²) in [6.45, 7) is 0.857. The molecule has 2 aromatic heterocycles. The van der Waals surface area contributed by atoms with Crippen LogP contribution in [0.15, 0.2) is 41.9 Å². The number of aromatic nitrogens is 2. The fraction of sp³-hybridized carbons (Fsp3) is 0.556. The quantitative estimate of drug-likeness (QED) is 0.480. The molecule has 5 aliphatic rings. The molecule has 32 heavy (non-hydrogen) atoms. The molecular formula is C27H31N3OS. The molecule has 0 unspecified atom stereocenters. The predicted octanol–water partition coefficient (Wildman–Crippen LogP) is 5.81. The minimum atomic E-state index is -0.0171. The zero-order valence-electron chi connectivity index (χ0n) is 18.6. The van der Waals surface area contributed by atoms with E-state index in [1.54, 1.807) is 11.3 Å². The van der Waals surface area contributed by atoms with Crippen LogP contribution >= 0.6 is 11.3 Å². The smallest absolute Gasteiger partial charge is 0.229 e. The number of imidazole rings is 1. The first-order chi connectivity index (χ1) is 15.7. The fourth-order valence-corrected chi connectivity index (χ4v) is 8.41. The molecule has 0 N–H and O–H groups in total. The molecule has 4 bridgehead atoms. The summed E-state index contributed by atoms with van der Waals surface area (Å²) >= 11 is 1.71. The Morgan fingerprint density at radius 3 is 2.41 bits per heavy atom. The van der Waals surface area contributed by atoms with Crippen molar-refractivity contribution >= 4 is 22.2 Å². The van der Waals surface area contributed by atoms with E-state index in [-0.39, 0.29) is 5.41 Å². The van der Waals surface area contributed by atoms with Crippen LogP contribution < -0.4 is 0 Å². The molecule has 4 nitrogen and oxygen atoms in total. The molecule has 0 aliphatic heterocycles. The second kappa shape index (κ2) is 7.18. The molecule has 8 rings (SSSR count). The van der Waals surface area contributed by atoms with Crippen LogP contribution in [0.3, 0.4) is 0 Å². The van der Waals surface area contributed by atoms with Crippen LogP contribution in [0.4, 0.5) is 0 Å². The molecule has 0 spiro atoms. The molecule has 3 aromatic rings. The zero-order valence-corrected chi connectivity index (χ0v) is 19.4. The number of hydrogen-bond donors (Lipinski definition) is 0. The third kappa shape index (κ3) is 3.15. The third-order valence-electron chi connectivity index (χ3n) is 8.70. The van der Waals surface area contributed by atoms with Gasteiger partial charge in [-0.2, -0.15) is 0 Å². The molecule has 5 aliphatic carbocycles. The monoisotopic (exact) mass is 445 g/mol. The van der Waals surface area contributed by atoms with Crippen LogP contribution in [0.25, 0.3) is 16.2 Å². The molecule has 2 heterocycles. The van der Waals surface area contributed by atoms with Gasteiger partial charge >= 0.3 is 0 Å². The van der Waals surface area contributed by atoms with E-state index in [1.807, 2.05) is 6.07 Å². The second-order valence-electron chi connectivity index (χ2n) is 11.0. The summed E-state index contributed by atoms with van der Waals surface area (Å²) in [7, 11) is 0. The lowest BCUT2D eigenvalue weighted by molar-refractivity contribution is -0.158. The van der Waals surface area contributed by atoms with Crippen LogP contribution in [0.2, 0.25) is 0 Å². The van der Waals surface area contributed by atoms with E-state index in [1.165, 1.54) is 57.1 Å². The van der Waals surface area contributed by atoms with Crippen molar-refractivity contribution in [2.24, 2.45) is 23.2 Å². The number of benzene rings is 1. The van der Waals surface area contributed by atoms with Gasteiger partial charge in [0, 0.05) is 41.8 Å². The topological polar surface area (TPSA) is 37.6 Å². The molecular weight excluding hydrogens is 414 g/mol. The number of amides is 1. The molecule has 166 valence electrons. The molecule has 5 saturated carbocycles. The molecule has 1 amide bonds. The van der Waals surface area contributed by atoms with Gasteiger partial charge in [0.25, 0.3) is 0 Å². The van der Waals surface area contributed by atoms with Crippen molar-refractivity contribution in [2.75, 3.05) is 6.54 Å². The first-order valence-electron chi connectivity index (χ1n) is 12.5. The first kappa shape index (κ1) is 19.3. The van der Waals surface area contributed by atoms with Gasteiger partial charge in [-0.05, 0) is 69.1 Å². The van der Waals surface area contributed by atoms with Gasteiger partial charge in [-0.1, -0.05) is 30.3 Å². The van der Waals surface area contributed by atoms with Crippen LogP contribution in [0, 0.1) is 23.2 Å². The van der Waals surface area contributed by atoms with Gasteiger partial charge in [0.2, 0.25) is 5.91 Å². The van der Waals surface area contributed by atoms with E-state index in [0.717, 1.165) is 46.9 Å². The Morgan fingerprint density at radius 2 is 1.75 bits per heavy atom. The van der Waals surface area contributed by atoms with Crippen molar-refractivity contribution in [1.29, 1.82) is 0 Å². The molecule has 5 heteroatoms. The average molecular weight is 446 g/mol. The Balaban J connectivity index is 1.12. The summed E-state index contributed by atoms with van der Waals surface area (Å²) in [6, 6.07) is 10.9. The molecule has 0 radical (unpaired) electrons. The van der Waals surface area contributed by atoms with Gasteiger partial charge in [-0.15, -0.1) is 11.3 Å². The number of fused-ring (bicyclic) bond motifs is 1. The molecule has 0 atom stereocenters. The maximum atomic E-state index is 14.0. The lowest BCUT2D eigenvalue weighted by Gasteiger charge is -2.56. The highest BCUT2D eigenvalue weighted by Gasteiger charge is 2.56. The summed E-state index contributed by atoms with van der Waals surface area (Å²) < 4.78 is 2.24. The number of thiazole rings is 1. The van der Waals surface area contributed by atoms with E-state index in [4.69, 9.17) is 4.98 Å². The van der Waals surface area contributed by atoms with Gasteiger partial charge in [-0.25, -0.2) is 4.98 Å². The van der Waals surface area contributed by atoms with Crippen molar-refractivity contribution in [3.05, 3.63) is 47.6 Å². The Bertz CT molecular complexity index is 1120. The number of hydrogen-bond acceptors (Lipinski definition) is 3. The highest BCUT2D eigenvalue weighted by Crippen LogP contribution is 2.61. The Kier molecular flexibility index (Phi) is 4.34. The lowest BCUT2D eigenvalue weighted by atomic mass is 9.49. The number of carbonyl (C=O) groups is 1. The van der Waals surface area contributed by atoms with Gasteiger partial charge in [0.05, 0.1) is 11.1 Å². The third-order valence-corrected chi connectivity index (χ3v) is 9.59.